The van der Waals surface area contributed by atoms with Crippen LogP contribution >= 0.6 is 0 Å². The molecule has 2 aromatic carbocycles. The number of benzene rings is 2. The molecule has 2 aromatic rings. The Morgan fingerprint density at radius 2 is 2.00 bits per heavy atom. The Balaban J connectivity index is 2.13. The van der Waals surface area contributed by atoms with Crippen LogP contribution in [-0.4, -0.2) is 11.7 Å². The first kappa shape index (κ1) is 15.0. The molecule has 0 saturated heterocycles. The zero-order chi connectivity index (χ0) is 15.1. The molecule has 0 atom stereocenters. The van der Waals surface area contributed by atoms with Crippen molar-refractivity contribution in [3.05, 3.63) is 65.0 Å². The highest BCUT2D eigenvalue weighted by Crippen LogP contribution is 2.19. The summed E-state index contributed by atoms with van der Waals surface area (Å²) in [6.45, 7) is 0.367. The van der Waals surface area contributed by atoms with Crippen LogP contribution in [0.4, 0.5) is 4.39 Å². The standard InChI is InChI=1S/C17H16FNO2/c18-16-8-7-13(10-14(16)5-3-9-19)12-21-17-6-2-1-4-15(17)11-20/h1-2,4,6-8,10,20H,9,11-12,19H2. The molecule has 0 radical (unpaired) electrons. The lowest BCUT2D eigenvalue weighted by Crippen LogP contribution is -2.00. The van der Waals surface area contributed by atoms with Gasteiger partial charge in [-0.05, 0) is 23.8 Å². The van der Waals surface area contributed by atoms with E-state index in [4.69, 9.17) is 10.5 Å². The Bertz CT molecular complexity index is 674. The van der Waals surface area contributed by atoms with E-state index in [2.05, 4.69) is 11.8 Å². The molecule has 0 saturated carbocycles. The molecule has 21 heavy (non-hydrogen) atoms. The number of para-hydroxylation sites is 1. The summed E-state index contributed by atoms with van der Waals surface area (Å²) in [6, 6.07) is 11.9. The number of ether oxygens (including phenoxy) is 1. The Hall–Kier alpha value is -2.35. The smallest absolute Gasteiger partial charge is 0.138 e. The number of aliphatic hydroxyl groups is 1. The molecule has 0 fully saturated rings. The third kappa shape index (κ3) is 4.06. The van der Waals surface area contributed by atoms with Gasteiger partial charge in [0, 0.05) is 5.56 Å². The second-order valence-corrected chi connectivity index (χ2v) is 4.37. The SMILES string of the molecule is NCC#Cc1cc(COc2ccccc2CO)ccc1F. The van der Waals surface area contributed by atoms with Crippen LogP contribution < -0.4 is 10.5 Å². The zero-order valence-corrected chi connectivity index (χ0v) is 11.5. The highest BCUT2D eigenvalue weighted by atomic mass is 19.1. The lowest BCUT2D eigenvalue weighted by atomic mass is 10.1. The Morgan fingerprint density at radius 1 is 1.19 bits per heavy atom. The molecule has 0 heterocycles. The molecule has 2 rings (SSSR count). The minimum Gasteiger partial charge on any atom is -0.489 e. The molecular formula is C17H16FNO2. The first-order valence-electron chi connectivity index (χ1n) is 6.53. The van der Waals surface area contributed by atoms with Crippen molar-refractivity contribution in [2.45, 2.75) is 13.2 Å². The Kier molecular flexibility index (Phi) is 5.33. The molecule has 0 bridgehead atoms. The molecule has 108 valence electrons. The van der Waals surface area contributed by atoms with Crippen molar-refractivity contribution in [1.29, 1.82) is 0 Å². The Labute approximate surface area is 123 Å². The van der Waals surface area contributed by atoms with Gasteiger partial charge in [0.1, 0.15) is 18.2 Å². The molecule has 4 heteroatoms. The van der Waals surface area contributed by atoms with E-state index in [-0.39, 0.29) is 25.6 Å². The molecule has 0 aliphatic rings. The summed E-state index contributed by atoms with van der Waals surface area (Å²) in [5.74, 6) is 5.55. The molecule has 0 aliphatic heterocycles. The quantitative estimate of drug-likeness (QED) is 0.847. The summed E-state index contributed by atoms with van der Waals surface area (Å²) in [5, 5.41) is 9.23. The number of rotatable bonds is 4. The predicted molar refractivity (Wildman–Crippen MR) is 79.0 cm³/mol. The van der Waals surface area contributed by atoms with Crippen LogP contribution in [0.2, 0.25) is 0 Å². The zero-order valence-electron chi connectivity index (χ0n) is 11.5. The van der Waals surface area contributed by atoms with Crippen molar-refractivity contribution in [2.75, 3.05) is 6.54 Å². The first-order valence-corrected chi connectivity index (χ1v) is 6.53. The third-order valence-electron chi connectivity index (χ3n) is 2.89. The lowest BCUT2D eigenvalue weighted by Gasteiger charge is -2.10. The fraction of sp³-hybridized carbons (Fsp3) is 0.176. The number of hydrogen-bond acceptors (Lipinski definition) is 3. The van der Waals surface area contributed by atoms with E-state index in [9.17, 15) is 9.50 Å². The third-order valence-corrected chi connectivity index (χ3v) is 2.89. The van der Waals surface area contributed by atoms with Crippen molar-refractivity contribution < 1.29 is 14.2 Å². The van der Waals surface area contributed by atoms with Crippen molar-refractivity contribution in [3.63, 3.8) is 0 Å². The largest absolute Gasteiger partial charge is 0.489 e. The molecule has 3 N–H and O–H groups in total. The maximum absolute atomic E-state index is 13.6. The van der Waals surface area contributed by atoms with E-state index in [1.807, 2.05) is 12.1 Å². The van der Waals surface area contributed by atoms with Gasteiger partial charge in [-0.3, -0.25) is 0 Å². The van der Waals surface area contributed by atoms with Gasteiger partial charge in [0.25, 0.3) is 0 Å². The van der Waals surface area contributed by atoms with Gasteiger partial charge in [0.15, 0.2) is 0 Å². The summed E-state index contributed by atoms with van der Waals surface area (Å²) in [6.07, 6.45) is 0. The average molecular weight is 285 g/mol. The molecule has 0 amide bonds. The molecule has 0 aliphatic carbocycles. The number of nitrogens with two attached hydrogens (primary N) is 1. The van der Waals surface area contributed by atoms with Crippen LogP contribution in [0.3, 0.4) is 0 Å². The molecular weight excluding hydrogens is 269 g/mol. The predicted octanol–water partition coefficient (Wildman–Crippen LogP) is 2.21. The monoisotopic (exact) mass is 285 g/mol. The number of aliphatic hydroxyl groups excluding tert-OH is 1. The van der Waals surface area contributed by atoms with Gasteiger partial charge in [-0.1, -0.05) is 36.1 Å². The molecule has 3 nitrogen and oxygen atoms in total. The molecule has 0 unspecified atom stereocenters. The topological polar surface area (TPSA) is 55.5 Å². The molecule has 0 spiro atoms. The van der Waals surface area contributed by atoms with Crippen molar-refractivity contribution in [3.8, 4) is 17.6 Å². The normalized spacial score (nSPS) is 9.86. The fourth-order valence-electron chi connectivity index (χ4n) is 1.84. The second kappa shape index (κ2) is 7.44. The van der Waals surface area contributed by atoms with Crippen molar-refractivity contribution >= 4 is 0 Å². The van der Waals surface area contributed by atoms with E-state index >= 15 is 0 Å². The van der Waals surface area contributed by atoms with Crippen LogP contribution in [0.5, 0.6) is 5.75 Å². The summed E-state index contributed by atoms with van der Waals surface area (Å²) in [7, 11) is 0. The highest BCUT2D eigenvalue weighted by molar-refractivity contribution is 5.39. The van der Waals surface area contributed by atoms with E-state index in [1.165, 1.54) is 6.07 Å². The van der Waals surface area contributed by atoms with E-state index < -0.39 is 0 Å². The fourth-order valence-corrected chi connectivity index (χ4v) is 1.84. The number of hydrogen-bond donors (Lipinski definition) is 2. The first-order chi connectivity index (χ1) is 10.2. The van der Waals surface area contributed by atoms with Gasteiger partial charge in [-0.2, -0.15) is 0 Å². The lowest BCUT2D eigenvalue weighted by molar-refractivity contribution is 0.259. The van der Waals surface area contributed by atoms with Crippen LogP contribution in [0.1, 0.15) is 16.7 Å². The minimum absolute atomic E-state index is 0.0905. The summed E-state index contributed by atoms with van der Waals surface area (Å²) >= 11 is 0. The highest BCUT2D eigenvalue weighted by Gasteiger charge is 2.04. The van der Waals surface area contributed by atoms with Crippen molar-refractivity contribution in [1.82, 2.24) is 0 Å². The van der Waals surface area contributed by atoms with Crippen molar-refractivity contribution in [2.24, 2.45) is 5.73 Å². The average Bonchev–Trinajstić information content (AvgIpc) is 2.53. The van der Waals surface area contributed by atoms with Gasteiger partial charge in [-0.25, -0.2) is 4.39 Å². The van der Waals surface area contributed by atoms with Crippen LogP contribution in [-0.2, 0) is 13.2 Å². The summed E-state index contributed by atoms with van der Waals surface area (Å²) in [5.41, 5.74) is 7.10. The minimum atomic E-state index is -0.379. The maximum Gasteiger partial charge on any atom is 0.138 e. The Morgan fingerprint density at radius 3 is 2.76 bits per heavy atom. The van der Waals surface area contributed by atoms with Gasteiger partial charge in [-0.15, -0.1) is 0 Å². The van der Waals surface area contributed by atoms with Crippen LogP contribution in [0.15, 0.2) is 42.5 Å². The summed E-state index contributed by atoms with van der Waals surface area (Å²) < 4.78 is 19.2. The van der Waals surface area contributed by atoms with Gasteiger partial charge in [0.05, 0.1) is 18.7 Å². The second-order valence-electron chi connectivity index (χ2n) is 4.37. The molecule has 0 aromatic heterocycles. The van der Waals surface area contributed by atoms with Crippen LogP contribution in [0, 0.1) is 17.7 Å². The summed E-state index contributed by atoms with van der Waals surface area (Å²) in [4.78, 5) is 0. The van der Waals surface area contributed by atoms with Gasteiger partial charge >= 0.3 is 0 Å². The van der Waals surface area contributed by atoms with Gasteiger partial charge < -0.3 is 15.6 Å². The van der Waals surface area contributed by atoms with Crippen LogP contribution in [0.25, 0.3) is 0 Å². The number of halogens is 1. The van der Waals surface area contributed by atoms with E-state index in [0.717, 1.165) is 5.56 Å². The van der Waals surface area contributed by atoms with Gasteiger partial charge in [0.2, 0.25) is 0 Å². The van der Waals surface area contributed by atoms with E-state index in [0.29, 0.717) is 16.9 Å². The maximum atomic E-state index is 13.6. The van der Waals surface area contributed by atoms with E-state index in [1.54, 1.807) is 24.3 Å².